The van der Waals surface area contributed by atoms with Gasteiger partial charge in [-0.05, 0) is 52.7 Å². The molecule has 0 heterocycles. The van der Waals surface area contributed by atoms with Crippen LogP contribution in [-0.4, -0.2) is 19.9 Å². The Bertz CT molecular complexity index is 615. The van der Waals surface area contributed by atoms with Crippen molar-refractivity contribution in [3.63, 3.8) is 0 Å². The van der Waals surface area contributed by atoms with Gasteiger partial charge in [-0.1, -0.05) is 18.2 Å². The van der Waals surface area contributed by atoms with Crippen LogP contribution in [0.5, 0.6) is 11.5 Å². The largest absolute Gasteiger partial charge is 0.492 e. The van der Waals surface area contributed by atoms with Gasteiger partial charge in [0.05, 0.1) is 30.1 Å². The van der Waals surface area contributed by atoms with Crippen molar-refractivity contribution in [3.8, 4) is 11.5 Å². The third-order valence-corrected chi connectivity index (χ3v) is 3.31. The predicted octanol–water partition coefficient (Wildman–Crippen LogP) is 4.30. The second-order valence-electron chi connectivity index (χ2n) is 4.20. The summed E-state index contributed by atoms with van der Waals surface area (Å²) in [5.41, 5.74) is 4.82. The van der Waals surface area contributed by atoms with Gasteiger partial charge in [-0.2, -0.15) is 5.10 Å². The number of nitrogens with zero attached hydrogens (tertiary/aromatic N) is 1. The number of hydrogen-bond acceptors (Lipinski definition) is 4. The Balaban J connectivity index is 2.16. The smallest absolute Gasteiger partial charge is 0.174 e. The Kier molecular flexibility index (Phi) is 5.63. The summed E-state index contributed by atoms with van der Waals surface area (Å²) in [4.78, 5) is 0. The predicted molar refractivity (Wildman–Crippen MR) is 89.5 cm³/mol. The van der Waals surface area contributed by atoms with Crippen molar-refractivity contribution in [1.29, 1.82) is 0 Å². The van der Waals surface area contributed by atoms with Crippen molar-refractivity contribution in [3.05, 3.63) is 52.5 Å². The molecule has 0 atom stereocenters. The number of anilines is 1. The van der Waals surface area contributed by atoms with Gasteiger partial charge in [-0.3, -0.25) is 5.43 Å². The molecule has 2 aromatic rings. The van der Waals surface area contributed by atoms with E-state index in [2.05, 4.69) is 26.5 Å². The maximum absolute atomic E-state index is 5.58. The van der Waals surface area contributed by atoms with E-state index >= 15 is 0 Å². The van der Waals surface area contributed by atoms with Crippen molar-refractivity contribution >= 4 is 27.8 Å². The van der Waals surface area contributed by atoms with Gasteiger partial charge in [0, 0.05) is 0 Å². The van der Waals surface area contributed by atoms with Crippen molar-refractivity contribution in [1.82, 2.24) is 0 Å². The highest BCUT2D eigenvalue weighted by Gasteiger charge is 2.10. The summed E-state index contributed by atoms with van der Waals surface area (Å²) in [7, 11) is 1.62. The lowest BCUT2D eigenvalue weighted by Crippen LogP contribution is -1.98. The van der Waals surface area contributed by atoms with Gasteiger partial charge >= 0.3 is 0 Å². The van der Waals surface area contributed by atoms with Crippen LogP contribution < -0.4 is 14.9 Å². The van der Waals surface area contributed by atoms with E-state index in [1.54, 1.807) is 13.3 Å². The summed E-state index contributed by atoms with van der Waals surface area (Å²) in [6.45, 7) is 2.51. The second kappa shape index (κ2) is 7.69. The second-order valence-corrected chi connectivity index (χ2v) is 5.06. The minimum absolute atomic E-state index is 0.575. The zero-order chi connectivity index (χ0) is 15.1. The lowest BCUT2D eigenvalue weighted by Gasteiger charge is -2.11. The van der Waals surface area contributed by atoms with E-state index in [0.717, 1.165) is 15.7 Å². The van der Waals surface area contributed by atoms with Crippen LogP contribution >= 0.6 is 15.9 Å². The van der Waals surface area contributed by atoms with Gasteiger partial charge in [0.25, 0.3) is 0 Å². The van der Waals surface area contributed by atoms with Gasteiger partial charge in [0.1, 0.15) is 0 Å². The molecule has 0 bridgehead atoms. The summed E-state index contributed by atoms with van der Waals surface area (Å²) in [6.07, 6.45) is 1.74. The highest BCUT2D eigenvalue weighted by Crippen LogP contribution is 2.36. The van der Waals surface area contributed by atoms with Crippen LogP contribution in [0.4, 0.5) is 5.69 Å². The molecule has 0 aliphatic rings. The van der Waals surface area contributed by atoms with Gasteiger partial charge in [0.15, 0.2) is 11.5 Å². The number of hydrogen-bond donors (Lipinski definition) is 1. The standard InChI is InChI=1S/C16H17BrN2O2/c1-3-21-15-10-12(9-14(17)16(15)20-2)11-18-19-13-7-5-4-6-8-13/h4-11,19H,3H2,1-2H3. The normalized spacial score (nSPS) is 10.6. The van der Waals surface area contributed by atoms with Crippen molar-refractivity contribution < 1.29 is 9.47 Å². The number of halogens is 1. The molecule has 0 aromatic heterocycles. The number of methoxy groups -OCH3 is 1. The van der Waals surface area contributed by atoms with Crippen LogP contribution in [0.25, 0.3) is 0 Å². The monoisotopic (exact) mass is 348 g/mol. The van der Waals surface area contributed by atoms with Crippen molar-refractivity contribution in [2.75, 3.05) is 19.1 Å². The molecule has 21 heavy (non-hydrogen) atoms. The lowest BCUT2D eigenvalue weighted by atomic mass is 10.2. The average Bonchev–Trinajstić information content (AvgIpc) is 2.48. The molecule has 0 saturated carbocycles. The fraction of sp³-hybridized carbons (Fsp3) is 0.188. The SMILES string of the molecule is CCOc1cc(C=NNc2ccccc2)cc(Br)c1OC. The topological polar surface area (TPSA) is 42.8 Å². The molecule has 0 aliphatic heterocycles. The molecule has 2 rings (SSSR count). The molecule has 5 heteroatoms. The third kappa shape index (κ3) is 4.23. The highest BCUT2D eigenvalue weighted by molar-refractivity contribution is 9.10. The maximum atomic E-state index is 5.58. The van der Waals surface area contributed by atoms with Gasteiger partial charge in [0.2, 0.25) is 0 Å². The van der Waals surface area contributed by atoms with Gasteiger partial charge < -0.3 is 9.47 Å². The van der Waals surface area contributed by atoms with Crippen LogP contribution in [0.2, 0.25) is 0 Å². The summed E-state index contributed by atoms with van der Waals surface area (Å²) in [5, 5.41) is 4.22. The summed E-state index contributed by atoms with van der Waals surface area (Å²) in [5.74, 6) is 1.38. The Morgan fingerprint density at radius 2 is 2.00 bits per heavy atom. The molecular weight excluding hydrogens is 332 g/mol. The molecule has 0 spiro atoms. The first-order valence-electron chi connectivity index (χ1n) is 6.59. The van der Waals surface area contributed by atoms with Crippen LogP contribution in [0.3, 0.4) is 0 Å². The Morgan fingerprint density at radius 3 is 2.67 bits per heavy atom. The quantitative estimate of drug-likeness (QED) is 0.625. The minimum atomic E-state index is 0.575. The number of rotatable bonds is 6. The van der Waals surface area contributed by atoms with E-state index in [-0.39, 0.29) is 0 Å². The molecule has 110 valence electrons. The number of para-hydroxylation sites is 1. The molecule has 0 aliphatic carbocycles. The fourth-order valence-electron chi connectivity index (χ4n) is 1.82. The first kappa shape index (κ1) is 15.4. The van der Waals surface area contributed by atoms with E-state index in [0.29, 0.717) is 18.1 Å². The zero-order valence-electron chi connectivity index (χ0n) is 12.0. The Labute approximate surface area is 132 Å². The first-order chi connectivity index (χ1) is 10.2. The molecule has 0 saturated heterocycles. The van der Waals surface area contributed by atoms with E-state index in [4.69, 9.17) is 9.47 Å². The molecule has 1 N–H and O–H groups in total. The minimum Gasteiger partial charge on any atom is -0.492 e. The van der Waals surface area contributed by atoms with E-state index < -0.39 is 0 Å². The van der Waals surface area contributed by atoms with Crippen LogP contribution in [-0.2, 0) is 0 Å². The van der Waals surface area contributed by atoms with Crippen LogP contribution in [0, 0.1) is 0 Å². The number of nitrogens with one attached hydrogen (secondary N) is 1. The molecule has 0 radical (unpaired) electrons. The molecule has 2 aromatic carbocycles. The average molecular weight is 349 g/mol. The number of ether oxygens (including phenoxy) is 2. The van der Waals surface area contributed by atoms with E-state index in [9.17, 15) is 0 Å². The Hall–Kier alpha value is -2.01. The number of hydrazone groups is 1. The lowest BCUT2D eigenvalue weighted by molar-refractivity contribution is 0.310. The molecular formula is C16H17BrN2O2. The molecule has 0 unspecified atom stereocenters. The fourth-order valence-corrected chi connectivity index (χ4v) is 2.44. The summed E-state index contributed by atoms with van der Waals surface area (Å²) >= 11 is 3.48. The van der Waals surface area contributed by atoms with Crippen LogP contribution in [0.15, 0.2) is 52.0 Å². The first-order valence-corrected chi connectivity index (χ1v) is 7.38. The summed E-state index contributed by atoms with van der Waals surface area (Å²) in [6, 6.07) is 13.6. The highest BCUT2D eigenvalue weighted by atomic mass is 79.9. The van der Waals surface area contributed by atoms with E-state index in [1.165, 1.54) is 0 Å². The maximum Gasteiger partial charge on any atom is 0.174 e. The number of benzene rings is 2. The van der Waals surface area contributed by atoms with Gasteiger partial charge in [-0.15, -0.1) is 0 Å². The molecule has 0 amide bonds. The molecule has 0 fully saturated rings. The van der Waals surface area contributed by atoms with Crippen molar-refractivity contribution in [2.45, 2.75) is 6.92 Å². The van der Waals surface area contributed by atoms with Crippen LogP contribution in [0.1, 0.15) is 12.5 Å². The zero-order valence-corrected chi connectivity index (χ0v) is 13.6. The van der Waals surface area contributed by atoms with Crippen molar-refractivity contribution in [2.24, 2.45) is 5.10 Å². The molecule has 4 nitrogen and oxygen atoms in total. The van der Waals surface area contributed by atoms with E-state index in [1.807, 2.05) is 49.4 Å². The summed E-state index contributed by atoms with van der Waals surface area (Å²) < 4.78 is 11.7. The Morgan fingerprint density at radius 1 is 1.24 bits per heavy atom. The third-order valence-electron chi connectivity index (χ3n) is 2.72. The van der Waals surface area contributed by atoms with Gasteiger partial charge in [-0.25, -0.2) is 0 Å².